The highest BCUT2D eigenvalue weighted by Crippen LogP contribution is 2.27. The molecule has 2 rings (SSSR count). The molecule has 0 spiro atoms. The van der Waals surface area contributed by atoms with E-state index in [9.17, 15) is 0 Å². The van der Waals surface area contributed by atoms with E-state index in [-0.39, 0.29) is 6.10 Å². The molecule has 0 saturated heterocycles. The highest BCUT2D eigenvalue weighted by atomic mass is 16.5. The second-order valence-corrected chi connectivity index (χ2v) is 4.79. The molecule has 0 saturated carbocycles. The number of nitrogens with one attached hydrogen (secondary N) is 2. The van der Waals surface area contributed by atoms with Gasteiger partial charge in [-0.2, -0.15) is 0 Å². The third-order valence-corrected chi connectivity index (χ3v) is 3.27. The number of benzene rings is 1. The van der Waals surface area contributed by atoms with Crippen LogP contribution in [0.3, 0.4) is 0 Å². The molecule has 1 aliphatic rings. The Kier molecular flexibility index (Phi) is 5.47. The molecule has 1 aliphatic heterocycles. The van der Waals surface area contributed by atoms with Crippen LogP contribution in [-0.4, -0.2) is 32.2 Å². The maximum absolute atomic E-state index is 5.89. The van der Waals surface area contributed by atoms with Gasteiger partial charge in [0.25, 0.3) is 0 Å². The molecule has 0 amide bonds. The SMILES string of the molecule is CC=CCCNC(=NC)NCC1Cc2ccccc2O1. The second kappa shape index (κ2) is 7.58. The number of hydrogen-bond donors (Lipinski definition) is 2. The molecule has 0 aromatic heterocycles. The standard InChI is InChI=1S/C16H23N3O/c1-3-4-7-10-18-16(17-2)19-12-14-11-13-8-5-6-9-15(13)20-14/h3-6,8-9,14H,7,10-12H2,1-2H3,(H2,17,18,19). The fourth-order valence-electron chi connectivity index (χ4n) is 2.24. The molecule has 108 valence electrons. The van der Waals surface area contributed by atoms with Crippen LogP contribution in [0.15, 0.2) is 41.4 Å². The maximum Gasteiger partial charge on any atom is 0.191 e. The fraction of sp³-hybridized carbons (Fsp3) is 0.438. The van der Waals surface area contributed by atoms with E-state index in [1.807, 2.05) is 19.1 Å². The van der Waals surface area contributed by atoms with Gasteiger partial charge in [-0.3, -0.25) is 4.99 Å². The fourth-order valence-corrected chi connectivity index (χ4v) is 2.24. The Bertz CT molecular complexity index is 457. The number of ether oxygens (including phenoxy) is 1. The minimum absolute atomic E-state index is 0.182. The molecule has 0 aliphatic carbocycles. The van der Waals surface area contributed by atoms with Gasteiger partial charge in [-0.1, -0.05) is 30.4 Å². The van der Waals surface area contributed by atoms with Crippen LogP contribution in [0.5, 0.6) is 5.75 Å². The van der Waals surface area contributed by atoms with Gasteiger partial charge in [0, 0.05) is 20.0 Å². The van der Waals surface area contributed by atoms with Crippen LogP contribution in [-0.2, 0) is 6.42 Å². The third-order valence-electron chi connectivity index (χ3n) is 3.27. The van der Waals surface area contributed by atoms with Crippen molar-refractivity contribution in [2.24, 2.45) is 4.99 Å². The van der Waals surface area contributed by atoms with E-state index >= 15 is 0 Å². The van der Waals surface area contributed by atoms with Crippen LogP contribution in [0.25, 0.3) is 0 Å². The van der Waals surface area contributed by atoms with Gasteiger partial charge in [0.15, 0.2) is 5.96 Å². The lowest BCUT2D eigenvalue weighted by Gasteiger charge is -2.15. The Morgan fingerprint density at radius 1 is 1.40 bits per heavy atom. The van der Waals surface area contributed by atoms with Crippen LogP contribution < -0.4 is 15.4 Å². The van der Waals surface area contributed by atoms with Crippen molar-refractivity contribution in [2.75, 3.05) is 20.1 Å². The summed E-state index contributed by atoms with van der Waals surface area (Å²) < 4.78 is 5.89. The zero-order valence-electron chi connectivity index (χ0n) is 12.2. The minimum atomic E-state index is 0.182. The number of fused-ring (bicyclic) bond motifs is 1. The van der Waals surface area contributed by atoms with Gasteiger partial charge in [-0.15, -0.1) is 0 Å². The summed E-state index contributed by atoms with van der Waals surface area (Å²) in [4.78, 5) is 4.21. The monoisotopic (exact) mass is 273 g/mol. The van der Waals surface area contributed by atoms with Crippen molar-refractivity contribution >= 4 is 5.96 Å². The van der Waals surface area contributed by atoms with E-state index in [4.69, 9.17) is 4.74 Å². The first kappa shape index (κ1) is 14.4. The Morgan fingerprint density at radius 2 is 2.25 bits per heavy atom. The largest absolute Gasteiger partial charge is 0.488 e. The highest BCUT2D eigenvalue weighted by Gasteiger charge is 2.22. The number of aliphatic imine (C=N–C) groups is 1. The predicted molar refractivity (Wildman–Crippen MR) is 83.4 cm³/mol. The Labute approximate surface area is 120 Å². The first-order valence-electron chi connectivity index (χ1n) is 7.13. The van der Waals surface area contributed by atoms with Gasteiger partial charge in [-0.25, -0.2) is 0 Å². The second-order valence-electron chi connectivity index (χ2n) is 4.79. The van der Waals surface area contributed by atoms with Crippen molar-refractivity contribution in [3.63, 3.8) is 0 Å². The minimum Gasteiger partial charge on any atom is -0.488 e. The number of guanidine groups is 1. The number of hydrogen-bond acceptors (Lipinski definition) is 2. The van der Waals surface area contributed by atoms with Crippen molar-refractivity contribution < 1.29 is 4.74 Å². The van der Waals surface area contributed by atoms with E-state index in [1.165, 1.54) is 5.56 Å². The lowest BCUT2D eigenvalue weighted by molar-refractivity contribution is 0.235. The molecular formula is C16H23N3O. The van der Waals surface area contributed by atoms with Crippen LogP contribution in [0.4, 0.5) is 0 Å². The van der Waals surface area contributed by atoms with Gasteiger partial charge < -0.3 is 15.4 Å². The Morgan fingerprint density at radius 3 is 3.00 bits per heavy atom. The number of nitrogens with zero attached hydrogens (tertiary/aromatic N) is 1. The molecule has 1 aromatic rings. The lowest BCUT2D eigenvalue weighted by Crippen LogP contribution is -2.42. The normalized spacial score (nSPS) is 17.9. The topological polar surface area (TPSA) is 45.7 Å². The molecule has 0 bridgehead atoms. The molecule has 4 heteroatoms. The number of rotatable bonds is 5. The van der Waals surface area contributed by atoms with Crippen LogP contribution in [0.2, 0.25) is 0 Å². The molecular weight excluding hydrogens is 250 g/mol. The maximum atomic E-state index is 5.89. The quantitative estimate of drug-likeness (QED) is 0.374. The van der Waals surface area contributed by atoms with E-state index in [0.29, 0.717) is 0 Å². The zero-order valence-corrected chi connectivity index (χ0v) is 12.2. The van der Waals surface area contributed by atoms with Gasteiger partial charge in [-0.05, 0) is 25.0 Å². The average Bonchev–Trinajstić information content (AvgIpc) is 2.89. The Hall–Kier alpha value is -1.97. The van der Waals surface area contributed by atoms with Crippen molar-refractivity contribution in [2.45, 2.75) is 25.9 Å². The van der Waals surface area contributed by atoms with E-state index in [2.05, 4.69) is 39.9 Å². The van der Waals surface area contributed by atoms with Crippen molar-refractivity contribution in [3.05, 3.63) is 42.0 Å². The van der Waals surface area contributed by atoms with Crippen LogP contribution >= 0.6 is 0 Å². The molecule has 2 N–H and O–H groups in total. The van der Waals surface area contributed by atoms with E-state index in [1.54, 1.807) is 7.05 Å². The third kappa shape index (κ3) is 4.02. The van der Waals surface area contributed by atoms with E-state index < -0.39 is 0 Å². The summed E-state index contributed by atoms with van der Waals surface area (Å²) in [7, 11) is 1.79. The summed E-state index contributed by atoms with van der Waals surface area (Å²) in [6.45, 7) is 3.68. The molecule has 20 heavy (non-hydrogen) atoms. The van der Waals surface area contributed by atoms with Gasteiger partial charge in [0.05, 0.1) is 6.54 Å². The molecule has 1 atom stereocenters. The van der Waals surface area contributed by atoms with Crippen molar-refractivity contribution in [3.8, 4) is 5.75 Å². The summed E-state index contributed by atoms with van der Waals surface area (Å²) in [5.74, 6) is 1.84. The average molecular weight is 273 g/mol. The van der Waals surface area contributed by atoms with Gasteiger partial charge in [0.1, 0.15) is 11.9 Å². The summed E-state index contributed by atoms with van der Waals surface area (Å²) in [6, 6.07) is 8.22. The van der Waals surface area contributed by atoms with E-state index in [0.717, 1.165) is 37.6 Å². The first-order valence-corrected chi connectivity index (χ1v) is 7.13. The molecule has 4 nitrogen and oxygen atoms in total. The summed E-state index contributed by atoms with van der Waals surface area (Å²) in [5.41, 5.74) is 1.29. The summed E-state index contributed by atoms with van der Waals surface area (Å²) >= 11 is 0. The highest BCUT2D eigenvalue weighted by molar-refractivity contribution is 5.79. The number of para-hydroxylation sites is 1. The lowest BCUT2D eigenvalue weighted by atomic mass is 10.1. The van der Waals surface area contributed by atoms with Crippen LogP contribution in [0.1, 0.15) is 18.9 Å². The summed E-state index contributed by atoms with van der Waals surface area (Å²) in [6.07, 6.45) is 6.33. The molecule has 0 fully saturated rings. The smallest absolute Gasteiger partial charge is 0.191 e. The molecule has 0 radical (unpaired) electrons. The van der Waals surface area contributed by atoms with Crippen LogP contribution in [0, 0.1) is 0 Å². The first-order chi connectivity index (χ1) is 9.83. The van der Waals surface area contributed by atoms with Gasteiger partial charge >= 0.3 is 0 Å². The van der Waals surface area contributed by atoms with Crippen molar-refractivity contribution in [1.29, 1.82) is 0 Å². The molecule has 1 unspecified atom stereocenters. The molecule has 1 heterocycles. The van der Waals surface area contributed by atoms with Crippen molar-refractivity contribution in [1.82, 2.24) is 10.6 Å². The Balaban J connectivity index is 1.72. The number of allylic oxidation sites excluding steroid dienone is 1. The molecule has 1 aromatic carbocycles. The zero-order chi connectivity index (χ0) is 14.2. The predicted octanol–water partition coefficient (Wildman–Crippen LogP) is 2.12. The summed E-state index contributed by atoms with van der Waals surface area (Å²) in [5, 5.41) is 6.59. The van der Waals surface area contributed by atoms with Gasteiger partial charge in [0.2, 0.25) is 0 Å².